The summed E-state index contributed by atoms with van der Waals surface area (Å²) in [6, 6.07) is 18.5. The minimum atomic E-state index is -0.196. The summed E-state index contributed by atoms with van der Waals surface area (Å²) in [6.45, 7) is 6.14. The lowest BCUT2D eigenvalue weighted by molar-refractivity contribution is -0.142. The van der Waals surface area contributed by atoms with Crippen molar-refractivity contribution in [3.8, 4) is 5.75 Å². The summed E-state index contributed by atoms with van der Waals surface area (Å²) < 4.78 is 10.9. The number of rotatable bonds is 9. The van der Waals surface area contributed by atoms with Gasteiger partial charge in [-0.2, -0.15) is 0 Å². The molecule has 0 spiro atoms. The van der Waals surface area contributed by atoms with E-state index in [9.17, 15) is 4.79 Å². The average molecular weight is 382 g/mol. The maximum Gasteiger partial charge on any atom is 0.310 e. The van der Waals surface area contributed by atoms with Crippen LogP contribution < -0.4 is 4.74 Å². The molecule has 0 bridgehead atoms. The Morgan fingerprint density at radius 2 is 1.79 bits per heavy atom. The van der Waals surface area contributed by atoms with Gasteiger partial charge in [-0.15, -0.1) is 0 Å². The Kier molecular flexibility index (Phi) is 7.92. The topological polar surface area (TPSA) is 38.8 Å². The number of esters is 1. The van der Waals surface area contributed by atoms with Gasteiger partial charge in [0, 0.05) is 6.54 Å². The van der Waals surface area contributed by atoms with Crippen molar-refractivity contribution in [2.75, 3.05) is 32.8 Å². The third-order valence-electron chi connectivity index (χ3n) is 5.30. The molecule has 2 aromatic rings. The number of piperidine rings is 1. The van der Waals surface area contributed by atoms with E-state index in [1.54, 1.807) is 0 Å². The second-order valence-corrected chi connectivity index (χ2v) is 7.45. The second kappa shape index (κ2) is 10.9. The molecule has 2 aromatic carbocycles. The third-order valence-corrected chi connectivity index (χ3v) is 5.30. The zero-order valence-corrected chi connectivity index (χ0v) is 16.8. The Morgan fingerprint density at radius 3 is 2.54 bits per heavy atom. The van der Waals surface area contributed by atoms with Crippen LogP contribution in [0.2, 0.25) is 0 Å². The second-order valence-electron chi connectivity index (χ2n) is 7.45. The number of carbonyl (C=O) groups is 1. The minimum Gasteiger partial charge on any atom is -0.492 e. The quantitative estimate of drug-likeness (QED) is 0.613. The van der Waals surface area contributed by atoms with E-state index in [2.05, 4.69) is 35.2 Å². The molecule has 0 atom stereocenters. The van der Waals surface area contributed by atoms with Crippen LogP contribution in [-0.4, -0.2) is 43.7 Å². The van der Waals surface area contributed by atoms with Gasteiger partial charge >= 0.3 is 5.97 Å². The Balaban J connectivity index is 1.36. The molecule has 1 fully saturated rings. The Bertz CT molecular complexity index is 724. The van der Waals surface area contributed by atoms with Crippen LogP contribution in [0.3, 0.4) is 0 Å². The maximum atomic E-state index is 11.6. The molecule has 0 saturated carbocycles. The smallest absolute Gasteiger partial charge is 0.310 e. The number of carbonyl (C=O) groups excluding carboxylic acids is 1. The highest BCUT2D eigenvalue weighted by molar-refractivity contribution is 5.72. The van der Waals surface area contributed by atoms with E-state index in [1.807, 2.05) is 31.2 Å². The molecule has 1 saturated heterocycles. The summed E-state index contributed by atoms with van der Waals surface area (Å²) >= 11 is 0. The van der Waals surface area contributed by atoms with Crippen LogP contribution in [0, 0.1) is 5.92 Å². The lowest BCUT2D eigenvalue weighted by Gasteiger charge is -2.31. The molecule has 3 rings (SSSR count). The van der Waals surface area contributed by atoms with Crippen LogP contribution in [0.4, 0.5) is 0 Å². The largest absolute Gasteiger partial charge is 0.492 e. The van der Waals surface area contributed by atoms with Crippen molar-refractivity contribution in [3.05, 3.63) is 65.7 Å². The van der Waals surface area contributed by atoms with Crippen LogP contribution in [0.25, 0.3) is 0 Å². The fourth-order valence-corrected chi connectivity index (χ4v) is 3.78. The van der Waals surface area contributed by atoms with Gasteiger partial charge in [-0.25, -0.2) is 0 Å². The molecule has 1 heterocycles. The van der Waals surface area contributed by atoms with Crippen molar-refractivity contribution in [1.82, 2.24) is 4.90 Å². The first kappa shape index (κ1) is 20.4. The Morgan fingerprint density at radius 1 is 1.04 bits per heavy atom. The predicted molar refractivity (Wildman–Crippen MR) is 112 cm³/mol. The Hall–Kier alpha value is -2.33. The minimum absolute atomic E-state index is 0.196. The summed E-state index contributed by atoms with van der Waals surface area (Å²) in [5, 5.41) is 0. The normalized spacial score (nSPS) is 15.3. The molecule has 0 aliphatic carbocycles. The van der Waals surface area contributed by atoms with Crippen molar-refractivity contribution < 1.29 is 14.3 Å². The van der Waals surface area contributed by atoms with Crippen LogP contribution in [0.5, 0.6) is 5.75 Å². The first-order valence-electron chi connectivity index (χ1n) is 10.4. The van der Waals surface area contributed by atoms with E-state index in [0.29, 0.717) is 19.6 Å². The first-order chi connectivity index (χ1) is 13.7. The summed E-state index contributed by atoms with van der Waals surface area (Å²) in [6.07, 6.45) is 3.99. The standard InChI is InChI=1S/C24H31NO3/c1-2-27-24(26)19-22-9-6-10-23(18-22)28-16-15-25-13-11-21(12-14-25)17-20-7-4-3-5-8-20/h3-10,18,21H,2,11-17,19H2,1H3. The molecule has 1 aliphatic rings. The summed E-state index contributed by atoms with van der Waals surface area (Å²) in [5.74, 6) is 1.41. The molecule has 0 radical (unpaired) electrons. The van der Waals surface area contributed by atoms with Crippen LogP contribution in [0.15, 0.2) is 54.6 Å². The van der Waals surface area contributed by atoms with Gasteiger partial charge in [0.1, 0.15) is 12.4 Å². The van der Waals surface area contributed by atoms with Gasteiger partial charge in [-0.05, 0) is 68.5 Å². The maximum absolute atomic E-state index is 11.6. The first-order valence-corrected chi connectivity index (χ1v) is 10.4. The highest BCUT2D eigenvalue weighted by Gasteiger charge is 2.19. The molecule has 1 aliphatic heterocycles. The SMILES string of the molecule is CCOC(=O)Cc1cccc(OCCN2CCC(Cc3ccccc3)CC2)c1. The number of nitrogens with zero attached hydrogens (tertiary/aromatic N) is 1. The molecule has 150 valence electrons. The van der Waals surface area contributed by atoms with Crippen molar-refractivity contribution in [3.63, 3.8) is 0 Å². The summed E-state index contributed by atoms with van der Waals surface area (Å²) in [7, 11) is 0. The predicted octanol–water partition coefficient (Wildman–Crippen LogP) is 4.13. The third kappa shape index (κ3) is 6.68. The van der Waals surface area contributed by atoms with Crippen molar-refractivity contribution >= 4 is 5.97 Å². The zero-order chi connectivity index (χ0) is 19.6. The average Bonchev–Trinajstić information content (AvgIpc) is 2.71. The number of benzene rings is 2. The lowest BCUT2D eigenvalue weighted by atomic mass is 9.90. The zero-order valence-electron chi connectivity index (χ0n) is 16.8. The van der Waals surface area contributed by atoms with Crippen molar-refractivity contribution in [1.29, 1.82) is 0 Å². The monoisotopic (exact) mass is 381 g/mol. The van der Waals surface area contributed by atoms with Gasteiger partial charge < -0.3 is 9.47 Å². The van der Waals surface area contributed by atoms with Crippen LogP contribution >= 0.6 is 0 Å². The van der Waals surface area contributed by atoms with E-state index < -0.39 is 0 Å². The molecular formula is C24H31NO3. The van der Waals surface area contributed by atoms with Crippen molar-refractivity contribution in [2.24, 2.45) is 5.92 Å². The van der Waals surface area contributed by atoms with Crippen molar-refractivity contribution in [2.45, 2.75) is 32.6 Å². The highest BCUT2D eigenvalue weighted by Crippen LogP contribution is 2.21. The molecule has 0 aromatic heterocycles. The van der Waals surface area contributed by atoms with E-state index in [-0.39, 0.29) is 5.97 Å². The number of likely N-dealkylation sites (tertiary alicyclic amines) is 1. The number of ether oxygens (including phenoxy) is 2. The molecule has 4 heteroatoms. The van der Waals surface area contributed by atoms with Gasteiger partial charge in [0.2, 0.25) is 0 Å². The van der Waals surface area contributed by atoms with Gasteiger partial charge in [0.15, 0.2) is 0 Å². The molecule has 28 heavy (non-hydrogen) atoms. The van der Waals surface area contributed by atoms with Crippen LogP contribution in [-0.2, 0) is 22.4 Å². The van der Waals surface area contributed by atoms with Crippen LogP contribution in [0.1, 0.15) is 30.9 Å². The molecule has 4 nitrogen and oxygen atoms in total. The fraction of sp³-hybridized carbons (Fsp3) is 0.458. The molecular weight excluding hydrogens is 350 g/mol. The molecule has 0 amide bonds. The van der Waals surface area contributed by atoms with Gasteiger partial charge in [0.05, 0.1) is 13.0 Å². The number of hydrogen-bond acceptors (Lipinski definition) is 4. The van der Waals surface area contributed by atoms with E-state index >= 15 is 0 Å². The highest BCUT2D eigenvalue weighted by atomic mass is 16.5. The van der Waals surface area contributed by atoms with Gasteiger partial charge in [-0.3, -0.25) is 9.69 Å². The van der Waals surface area contributed by atoms with Gasteiger partial charge in [-0.1, -0.05) is 42.5 Å². The summed E-state index contributed by atoms with van der Waals surface area (Å²) in [5.41, 5.74) is 2.38. The summed E-state index contributed by atoms with van der Waals surface area (Å²) in [4.78, 5) is 14.1. The number of hydrogen-bond donors (Lipinski definition) is 0. The van der Waals surface area contributed by atoms with E-state index in [1.165, 1.54) is 24.8 Å². The van der Waals surface area contributed by atoms with E-state index in [4.69, 9.17) is 9.47 Å². The lowest BCUT2D eigenvalue weighted by Crippen LogP contribution is -2.37. The Labute approximate surface area is 168 Å². The van der Waals surface area contributed by atoms with E-state index in [0.717, 1.165) is 36.9 Å². The van der Waals surface area contributed by atoms with Gasteiger partial charge in [0.25, 0.3) is 0 Å². The molecule has 0 unspecified atom stereocenters. The fourth-order valence-electron chi connectivity index (χ4n) is 3.78. The molecule has 0 N–H and O–H groups in total.